The number of nitrogens with zero attached hydrogens (tertiary/aromatic N) is 2. The van der Waals surface area contributed by atoms with Gasteiger partial charge in [0.1, 0.15) is 23.1 Å². The van der Waals surface area contributed by atoms with Gasteiger partial charge in [-0.25, -0.2) is 9.37 Å². The Labute approximate surface area is 178 Å². The highest BCUT2D eigenvalue weighted by Crippen LogP contribution is 2.27. The van der Waals surface area contributed by atoms with E-state index in [1.807, 2.05) is 43.5 Å². The molecule has 0 radical (unpaired) electrons. The molecule has 0 aliphatic carbocycles. The highest BCUT2D eigenvalue weighted by Gasteiger charge is 2.18. The van der Waals surface area contributed by atoms with Crippen LogP contribution in [0.2, 0.25) is 0 Å². The molecule has 4 rings (SSSR count). The SMILES string of the molecule is Cc1cc(C)cc(OCCNC(=O)c2sc3nc(-c4ccc(F)cc4)cn3c2C)c1. The molecule has 0 fully saturated rings. The summed E-state index contributed by atoms with van der Waals surface area (Å²) in [4.78, 5) is 18.5. The second-order valence-electron chi connectivity index (χ2n) is 7.23. The maximum atomic E-state index is 13.1. The van der Waals surface area contributed by atoms with Gasteiger partial charge in [0.2, 0.25) is 0 Å². The maximum absolute atomic E-state index is 13.1. The molecule has 4 aromatic rings. The minimum Gasteiger partial charge on any atom is -0.492 e. The number of hydrogen-bond donors (Lipinski definition) is 1. The van der Waals surface area contributed by atoms with Crippen LogP contribution in [0.25, 0.3) is 16.2 Å². The van der Waals surface area contributed by atoms with E-state index in [-0.39, 0.29) is 11.7 Å². The van der Waals surface area contributed by atoms with E-state index in [2.05, 4.69) is 16.4 Å². The summed E-state index contributed by atoms with van der Waals surface area (Å²) >= 11 is 1.33. The molecule has 0 aliphatic heterocycles. The molecule has 0 bridgehead atoms. The maximum Gasteiger partial charge on any atom is 0.263 e. The Kier molecular flexibility index (Phi) is 5.55. The smallest absolute Gasteiger partial charge is 0.263 e. The third kappa shape index (κ3) is 4.21. The number of benzene rings is 2. The molecule has 1 N–H and O–H groups in total. The standard InChI is InChI=1S/C23H22FN3O2S/c1-14-10-15(2)12-19(11-14)29-9-8-25-22(28)21-16(3)27-13-20(26-23(27)30-21)17-4-6-18(24)7-5-17/h4-7,10-13H,8-9H2,1-3H3,(H,25,28). The van der Waals surface area contributed by atoms with Crippen molar-refractivity contribution in [3.63, 3.8) is 0 Å². The van der Waals surface area contributed by atoms with Crippen molar-refractivity contribution in [3.05, 3.63) is 76.2 Å². The minimum absolute atomic E-state index is 0.143. The van der Waals surface area contributed by atoms with Crippen molar-refractivity contribution in [2.24, 2.45) is 0 Å². The summed E-state index contributed by atoms with van der Waals surface area (Å²) in [5.41, 5.74) is 4.70. The molecular weight excluding hydrogens is 401 g/mol. The van der Waals surface area contributed by atoms with Gasteiger partial charge in [-0.3, -0.25) is 9.20 Å². The number of hydrogen-bond acceptors (Lipinski definition) is 4. The van der Waals surface area contributed by atoms with Crippen molar-refractivity contribution >= 4 is 22.2 Å². The number of nitrogens with one attached hydrogen (secondary N) is 1. The van der Waals surface area contributed by atoms with Crippen molar-refractivity contribution in [3.8, 4) is 17.0 Å². The van der Waals surface area contributed by atoms with Crippen LogP contribution in [0.1, 0.15) is 26.5 Å². The van der Waals surface area contributed by atoms with E-state index in [4.69, 9.17) is 4.74 Å². The third-order valence-electron chi connectivity index (χ3n) is 4.75. The molecule has 0 aliphatic rings. The largest absolute Gasteiger partial charge is 0.492 e. The van der Waals surface area contributed by atoms with Crippen molar-refractivity contribution in [2.45, 2.75) is 20.8 Å². The van der Waals surface area contributed by atoms with Crippen LogP contribution in [0.15, 0.2) is 48.7 Å². The zero-order valence-electron chi connectivity index (χ0n) is 17.0. The van der Waals surface area contributed by atoms with Crippen molar-refractivity contribution in [1.29, 1.82) is 0 Å². The van der Waals surface area contributed by atoms with E-state index in [0.717, 1.165) is 38.8 Å². The molecule has 0 atom stereocenters. The summed E-state index contributed by atoms with van der Waals surface area (Å²) in [7, 11) is 0. The average molecular weight is 424 g/mol. The first-order valence-corrected chi connectivity index (χ1v) is 10.5. The van der Waals surface area contributed by atoms with Crippen LogP contribution in [0.4, 0.5) is 4.39 Å². The van der Waals surface area contributed by atoms with Crippen LogP contribution in [0, 0.1) is 26.6 Å². The minimum atomic E-state index is -0.281. The summed E-state index contributed by atoms with van der Waals surface area (Å²) in [5.74, 6) is 0.382. The summed E-state index contributed by atoms with van der Waals surface area (Å²) < 4.78 is 20.8. The summed E-state index contributed by atoms with van der Waals surface area (Å²) in [5, 5.41) is 2.91. The van der Waals surface area contributed by atoms with E-state index in [0.29, 0.717) is 18.0 Å². The molecule has 0 saturated heterocycles. The molecule has 0 unspecified atom stereocenters. The lowest BCUT2D eigenvalue weighted by atomic mass is 10.1. The number of thiazole rings is 1. The number of ether oxygens (including phenoxy) is 1. The zero-order chi connectivity index (χ0) is 21.3. The molecule has 154 valence electrons. The van der Waals surface area contributed by atoms with Gasteiger partial charge < -0.3 is 10.1 Å². The lowest BCUT2D eigenvalue weighted by Crippen LogP contribution is -2.28. The van der Waals surface area contributed by atoms with E-state index in [1.54, 1.807) is 12.1 Å². The molecule has 2 aromatic heterocycles. The molecule has 7 heteroatoms. The highest BCUT2D eigenvalue weighted by molar-refractivity contribution is 7.19. The number of imidazole rings is 1. The lowest BCUT2D eigenvalue weighted by Gasteiger charge is -2.09. The molecule has 0 saturated carbocycles. The Bertz CT molecular complexity index is 1190. The van der Waals surface area contributed by atoms with Gasteiger partial charge in [0.25, 0.3) is 5.91 Å². The lowest BCUT2D eigenvalue weighted by molar-refractivity contribution is 0.0950. The van der Waals surface area contributed by atoms with Crippen LogP contribution in [0.5, 0.6) is 5.75 Å². The quantitative estimate of drug-likeness (QED) is 0.447. The van der Waals surface area contributed by atoms with Gasteiger partial charge in [-0.2, -0.15) is 0 Å². The van der Waals surface area contributed by atoms with Gasteiger partial charge in [-0.1, -0.05) is 17.4 Å². The fourth-order valence-corrected chi connectivity index (χ4v) is 4.38. The second-order valence-corrected chi connectivity index (χ2v) is 8.21. The average Bonchev–Trinajstić information content (AvgIpc) is 3.24. The summed E-state index contributed by atoms with van der Waals surface area (Å²) in [6, 6.07) is 12.3. The summed E-state index contributed by atoms with van der Waals surface area (Å²) in [6.45, 7) is 6.75. The Balaban J connectivity index is 1.40. The zero-order valence-corrected chi connectivity index (χ0v) is 17.8. The van der Waals surface area contributed by atoms with Gasteiger partial charge in [0.15, 0.2) is 4.96 Å². The van der Waals surface area contributed by atoms with E-state index < -0.39 is 0 Å². The van der Waals surface area contributed by atoms with Gasteiger partial charge in [-0.15, -0.1) is 0 Å². The first-order valence-electron chi connectivity index (χ1n) is 9.64. The number of amides is 1. The Morgan fingerprint density at radius 3 is 2.50 bits per heavy atom. The molecule has 1 amide bonds. The van der Waals surface area contributed by atoms with Crippen LogP contribution >= 0.6 is 11.3 Å². The highest BCUT2D eigenvalue weighted by atomic mass is 32.1. The second kappa shape index (κ2) is 8.28. The molecule has 0 spiro atoms. The van der Waals surface area contributed by atoms with Crippen LogP contribution < -0.4 is 10.1 Å². The first kappa shape index (κ1) is 20.1. The van der Waals surface area contributed by atoms with Crippen molar-refractivity contribution < 1.29 is 13.9 Å². The predicted octanol–water partition coefficient (Wildman–Crippen LogP) is 4.94. The van der Waals surface area contributed by atoms with Crippen LogP contribution in [0.3, 0.4) is 0 Å². The topological polar surface area (TPSA) is 55.6 Å². The van der Waals surface area contributed by atoms with Gasteiger partial charge in [0, 0.05) is 17.5 Å². The van der Waals surface area contributed by atoms with Crippen molar-refractivity contribution in [1.82, 2.24) is 14.7 Å². The molecular formula is C23H22FN3O2S. The number of rotatable bonds is 6. The molecule has 30 heavy (non-hydrogen) atoms. The number of fused-ring (bicyclic) bond motifs is 1. The summed E-state index contributed by atoms with van der Waals surface area (Å²) in [6.07, 6.45) is 1.87. The van der Waals surface area contributed by atoms with E-state index >= 15 is 0 Å². The number of aromatic nitrogens is 2. The molecule has 5 nitrogen and oxygen atoms in total. The Morgan fingerprint density at radius 2 is 1.83 bits per heavy atom. The molecule has 2 aromatic carbocycles. The molecule has 2 heterocycles. The first-order chi connectivity index (χ1) is 14.4. The predicted molar refractivity (Wildman–Crippen MR) is 117 cm³/mol. The monoisotopic (exact) mass is 423 g/mol. The van der Waals surface area contributed by atoms with E-state index in [1.165, 1.54) is 23.5 Å². The number of carbonyl (C=O) groups excluding carboxylic acids is 1. The van der Waals surface area contributed by atoms with E-state index in [9.17, 15) is 9.18 Å². The number of halogens is 1. The van der Waals surface area contributed by atoms with Crippen LogP contribution in [-0.4, -0.2) is 28.4 Å². The number of carbonyl (C=O) groups is 1. The Morgan fingerprint density at radius 1 is 1.13 bits per heavy atom. The fraction of sp³-hybridized carbons (Fsp3) is 0.217. The van der Waals surface area contributed by atoms with Gasteiger partial charge >= 0.3 is 0 Å². The normalized spacial score (nSPS) is 11.1. The fourth-order valence-electron chi connectivity index (χ4n) is 3.35. The third-order valence-corrected chi connectivity index (χ3v) is 5.91. The number of aryl methyl sites for hydroxylation is 3. The Hall–Kier alpha value is -3.19. The van der Waals surface area contributed by atoms with Gasteiger partial charge in [0.05, 0.1) is 12.2 Å². The van der Waals surface area contributed by atoms with Crippen LogP contribution in [-0.2, 0) is 0 Å². The van der Waals surface area contributed by atoms with Crippen molar-refractivity contribution in [2.75, 3.05) is 13.2 Å². The van der Waals surface area contributed by atoms with Gasteiger partial charge in [-0.05, 0) is 68.3 Å².